The highest BCUT2D eigenvalue weighted by Crippen LogP contribution is 2.22. The molecule has 1 rings (SSSR count). The zero-order valence-corrected chi connectivity index (χ0v) is 13.1. The van der Waals surface area contributed by atoms with Gasteiger partial charge in [-0.3, -0.25) is 0 Å². The van der Waals surface area contributed by atoms with Gasteiger partial charge in [-0.2, -0.15) is 0 Å². The summed E-state index contributed by atoms with van der Waals surface area (Å²) in [6.45, 7) is 9.56. The fraction of sp³-hybridized carbons (Fsp3) is 1.00. The molecule has 1 atom stereocenters. The maximum atomic E-state index is 3.95. The molecule has 1 unspecified atom stereocenters. The van der Waals surface area contributed by atoms with Crippen LogP contribution < -0.4 is 5.32 Å². The maximum Gasteiger partial charge on any atom is 0.0153 e. The van der Waals surface area contributed by atoms with Crippen LogP contribution in [0.5, 0.6) is 0 Å². The average molecular weight is 254 g/mol. The lowest BCUT2D eigenvalue weighted by atomic mass is 9.89. The molecule has 0 aliphatic carbocycles. The van der Waals surface area contributed by atoms with Crippen molar-refractivity contribution in [3.8, 4) is 0 Å². The van der Waals surface area contributed by atoms with Crippen LogP contribution in [-0.2, 0) is 0 Å². The van der Waals surface area contributed by atoms with Crippen molar-refractivity contribution in [2.45, 2.75) is 83.7 Å². The van der Waals surface area contributed by atoms with Gasteiger partial charge in [0.05, 0.1) is 0 Å². The molecule has 2 nitrogen and oxygen atoms in total. The molecule has 0 spiro atoms. The minimum absolute atomic E-state index is 0.369. The zero-order valence-electron chi connectivity index (χ0n) is 13.1. The van der Waals surface area contributed by atoms with Crippen LogP contribution in [-0.4, -0.2) is 36.6 Å². The van der Waals surface area contributed by atoms with Gasteiger partial charge in [-0.15, -0.1) is 0 Å². The third kappa shape index (κ3) is 5.71. The van der Waals surface area contributed by atoms with Crippen molar-refractivity contribution in [3.63, 3.8) is 0 Å². The van der Waals surface area contributed by atoms with E-state index in [4.69, 9.17) is 0 Å². The summed E-state index contributed by atoms with van der Waals surface area (Å²) in [5, 5.41) is 3.95. The molecule has 0 aromatic heterocycles. The number of rotatable bonds is 8. The van der Waals surface area contributed by atoms with E-state index in [1.54, 1.807) is 0 Å². The van der Waals surface area contributed by atoms with Gasteiger partial charge in [-0.05, 0) is 52.7 Å². The minimum Gasteiger partial charge on any atom is -0.309 e. The summed E-state index contributed by atoms with van der Waals surface area (Å²) in [7, 11) is 2.24. The molecule has 0 radical (unpaired) electrons. The second-order valence-corrected chi connectivity index (χ2v) is 6.45. The molecule has 1 heterocycles. The number of hydrogen-bond acceptors (Lipinski definition) is 2. The minimum atomic E-state index is 0.369. The van der Waals surface area contributed by atoms with E-state index in [1.165, 1.54) is 64.5 Å². The number of hydrogen-bond donors (Lipinski definition) is 1. The van der Waals surface area contributed by atoms with E-state index in [9.17, 15) is 0 Å². The molecule has 1 N–H and O–H groups in total. The van der Waals surface area contributed by atoms with Crippen LogP contribution in [0.3, 0.4) is 0 Å². The van der Waals surface area contributed by atoms with Gasteiger partial charge in [0, 0.05) is 11.6 Å². The van der Waals surface area contributed by atoms with Crippen LogP contribution in [0.2, 0.25) is 0 Å². The largest absolute Gasteiger partial charge is 0.309 e. The highest BCUT2D eigenvalue weighted by molar-refractivity contribution is 4.87. The lowest BCUT2D eigenvalue weighted by Gasteiger charge is -2.38. The zero-order chi connectivity index (χ0) is 13.4. The third-order valence-corrected chi connectivity index (χ3v) is 4.63. The summed E-state index contributed by atoms with van der Waals surface area (Å²) in [6, 6.07) is 0.748. The Labute approximate surface area is 115 Å². The van der Waals surface area contributed by atoms with Gasteiger partial charge in [-0.25, -0.2) is 0 Å². The lowest BCUT2D eigenvalue weighted by Crippen LogP contribution is -2.51. The lowest BCUT2D eigenvalue weighted by molar-refractivity contribution is 0.188. The molecule has 1 aliphatic rings. The Hall–Kier alpha value is -0.0800. The molecule has 1 saturated heterocycles. The molecular weight excluding hydrogens is 220 g/mol. The second kappa shape index (κ2) is 8.16. The quantitative estimate of drug-likeness (QED) is 0.663. The highest BCUT2D eigenvalue weighted by Gasteiger charge is 2.26. The van der Waals surface area contributed by atoms with Crippen LogP contribution in [0.1, 0.15) is 72.1 Å². The predicted molar refractivity (Wildman–Crippen MR) is 81.1 cm³/mol. The molecular formula is C16H34N2. The number of nitrogens with one attached hydrogen (secondary N) is 1. The van der Waals surface area contributed by atoms with Crippen molar-refractivity contribution in [1.82, 2.24) is 10.2 Å². The summed E-state index contributed by atoms with van der Waals surface area (Å²) < 4.78 is 0. The van der Waals surface area contributed by atoms with E-state index in [2.05, 4.69) is 38.0 Å². The van der Waals surface area contributed by atoms with E-state index >= 15 is 0 Å². The van der Waals surface area contributed by atoms with Crippen LogP contribution in [0.15, 0.2) is 0 Å². The van der Waals surface area contributed by atoms with E-state index < -0.39 is 0 Å². The fourth-order valence-corrected chi connectivity index (χ4v) is 2.94. The fourth-order valence-electron chi connectivity index (χ4n) is 2.94. The Morgan fingerprint density at radius 1 is 1.11 bits per heavy atom. The van der Waals surface area contributed by atoms with E-state index in [-0.39, 0.29) is 0 Å². The van der Waals surface area contributed by atoms with Crippen LogP contribution in [0, 0.1) is 0 Å². The molecule has 0 amide bonds. The van der Waals surface area contributed by atoms with Crippen molar-refractivity contribution in [2.75, 3.05) is 20.1 Å². The molecule has 0 aromatic carbocycles. The first-order valence-electron chi connectivity index (χ1n) is 8.06. The Bertz CT molecular complexity index is 209. The first-order chi connectivity index (χ1) is 8.59. The molecule has 18 heavy (non-hydrogen) atoms. The molecule has 0 bridgehead atoms. The first-order valence-corrected chi connectivity index (χ1v) is 8.06. The standard InChI is InChI=1S/C16H34N2/c1-5-7-8-9-12-16(3,6-2)17-15-10-13-18(4)14-11-15/h15,17H,5-14H2,1-4H3. The summed E-state index contributed by atoms with van der Waals surface area (Å²) in [6.07, 6.45) is 10.8. The maximum absolute atomic E-state index is 3.95. The number of piperidine rings is 1. The first kappa shape index (κ1) is 16.0. The van der Waals surface area contributed by atoms with E-state index in [1.807, 2.05) is 0 Å². The van der Waals surface area contributed by atoms with Crippen molar-refractivity contribution in [1.29, 1.82) is 0 Å². The monoisotopic (exact) mass is 254 g/mol. The second-order valence-electron chi connectivity index (χ2n) is 6.45. The van der Waals surface area contributed by atoms with Crippen molar-refractivity contribution in [2.24, 2.45) is 0 Å². The summed E-state index contributed by atoms with van der Waals surface area (Å²) in [5.41, 5.74) is 0.369. The van der Waals surface area contributed by atoms with Gasteiger partial charge in [0.15, 0.2) is 0 Å². The van der Waals surface area contributed by atoms with Crippen molar-refractivity contribution < 1.29 is 0 Å². The Morgan fingerprint density at radius 3 is 2.33 bits per heavy atom. The average Bonchev–Trinajstić information content (AvgIpc) is 2.38. The summed E-state index contributed by atoms with van der Waals surface area (Å²) in [5.74, 6) is 0. The number of nitrogens with zero attached hydrogens (tertiary/aromatic N) is 1. The Morgan fingerprint density at radius 2 is 1.78 bits per heavy atom. The predicted octanol–water partition coefficient (Wildman–Crippen LogP) is 3.81. The van der Waals surface area contributed by atoms with Crippen LogP contribution in [0.25, 0.3) is 0 Å². The van der Waals surface area contributed by atoms with Gasteiger partial charge < -0.3 is 10.2 Å². The van der Waals surface area contributed by atoms with Gasteiger partial charge in [0.1, 0.15) is 0 Å². The summed E-state index contributed by atoms with van der Waals surface area (Å²) >= 11 is 0. The van der Waals surface area contributed by atoms with Crippen molar-refractivity contribution in [3.05, 3.63) is 0 Å². The Balaban J connectivity index is 2.29. The molecule has 0 aromatic rings. The highest BCUT2D eigenvalue weighted by atomic mass is 15.1. The van der Waals surface area contributed by atoms with E-state index in [0.29, 0.717) is 5.54 Å². The molecule has 1 fully saturated rings. The van der Waals surface area contributed by atoms with E-state index in [0.717, 1.165) is 6.04 Å². The molecule has 1 aliphatic heterocycles. The third-order valence-electron chi connectivity index (χ3n) is 4.63. The topological polar surface area (TPSA) is 15.3 Å². The number of likely N-dealkylation sites (tertiary alicyclic amines) is 1. The smallest absolute Gasteiger partial charge is 0.0153 e. The molecule has 108 valence electrons. The van der Waals surface area contributed by atoms with Gasteiger partial charge in [-0.1, -0.05) is 39.5 Å². The normalized spacial score (nSPS) is 22.0. The van der Waals surface area contributed by atoms with Gasteiger partial charge in [0.25, 0.3) is 0 Å². The summed E-state index contributed by atoms with van der Waals surface area (Å²) in [4.78, 5) is 2.45. The van der Waals surface area contributed by atoms with Crippen LogP contribution >= 0.6 is 0 Å². The van der Waals surface area contributed by atoms with Crippen LogP contribution in [0.4, 0.5) is 0 Å². The SMILES string of the molecule is CCCCCCC(C)(CC)NC1CCN(C)CC1. The van der Waals surface area contributed by atoms with Crippen molar-refractivity contribution >= 4 is 0 Å². The Kier molecular flexibility index (Phi) is 7.25. The number of unbranched alkanes of at least 4 members (excludes halogenated alkanes) is 3. The molecule has 2 heteroatoms. The van der Waals surface area contributed by atoms with Gasteiger partial charge >= 0.3 is 0 Å². The van der Waals surface area contributed by atoms with Gasteiger partial charge in [0.2, 0.25) is 0 Å². The molecule has 0 saturated carbocycles.